The largest absolute Gasteiger partial charge is 0.508 e. The number of amides is 1. The van der Waals surface area contributed by atoms with Crippen molar-refractivity contribution >= 4 is 16.8 Å². The van der Waals surface area contributed by atoms with Gasteiger partial charge in [0.2, 0.25) is 0 Å². The number of nitrogens with zero attached hydrogens (tertiary/aromatic N) is 2. The number of hydrogen-bond donors (Lipinski definition) is 3. The maximum absolute atomic E-state index is 14.2. The van der Waals surface area contributed by atoms with Crippen LogP contribution in [0.25, 0.3) is 10.9 Å². The van der Waals surface area contributed by atoms with Crippen LogP contribution in [0.15, 0.2) is 60.7 Å². The molecular weight excluding hydrogens is 486 g/mol. The van der Waals surface area contributed by atoms with Gasteiger partial charge in [-0.05, 0) is 67.7 Å². The number of likely N-dealkylation sites (tertiary alicyclic amines) is 1. The zero-order chi connectivity index (χ0) is 26.6. The fourth-order valence-electron chi connectivity index (χ4n) is 4.85. The van der Waals surface area contributed by atoms with Crippen molar-refractivity contribution in [3.8, 4) is 17.6 Å². The van der Waals surface area contributed by atoms with Crippen molar-refractivity contribution < 1.29 is 18.7 Å². The summed E-state index contributed by atoms with van der Waals surface area (Å²) >= 11 is 0. The molecular formula is C30H28F2N4O2. The summed E-state index contributed by atoms with van der Waals surface area (Å²) in [6.07, 6.45) is 0.883. The van der Waals surface area contributed by atoms with Crippen LogP contribution >= 0.6 is 0 Å². The third-order valence-electron chi connectivity index (χ3n) is 6.72. The van der Waals surface area contributed by atoms with Crippen LogP contribution in [0.5, 0.6) is 5.75 Å². The van der Waals surface area contributed by atoms with E-state index < -0.39 is 17.8 Å². The minimum absolute atomic E-state index is 0.141. The van der Waals surface area contributed by atoms with Crippen molar-refractivity contribution in [3.05, 3.63) is 94.7 Å². The second-order valence-electron chi connectivity index (χ2n) is 9.55. The number of phenolic OH excluding ortho intramolecular Hbond substituents is 1. The highest BCUT2D eigenvalue weighted by Gasteiger charge is 2.24. The van der Waals surface area contributed by atoms with E-state index in [-0.39, 0.29) is 29.6 Å². The van der Waals surface area contributed by atoms with Gasteiger partial charge in [0.15, 0.2) is 0 Å². The number of pyridine rings is 1. The van der Waals surface area contributed by atoms with Gasteiger partial charge in [-0.3, -0.25) is 9.69 Å². The van der Waals surface area contributed by atoms with E-state index in [1.54, 1.807) is 13.0 Å². The molecule has 1 unspecified atom stereocenters. The molecule has 3 N–H and O–H groups in total. The molecule has 0 spiro atoms. The van der Waals surface area contributed by atoms with Crippen LogP contribution in [-0.4, -0.2) is 52.2 Å². The second-order valence-corrected chi connectivity index (χ2v) is 9.55. The number of hydrogen-bond acceptors (Lipinski definition) is 4. The second kappa shape index (κ2) is 11.0. The van der Waals surface area contributed by atoms with Gasteiger partial charge in [-0.2, -0.15) is 0 Å². The van der Waals surface area contributed by atoms with Gasteiger partial charge in [-0.1, -0.05) is 30.0 Å². The van der Waals surface area contributed by atoms with Crippen LogP contribution < -0.4 is 5.32 Å². The minimum Gasteiger partial charge on any atom is -0.508 e. The number of alkyl halides is 1. The van der Waals surface area contributed by atoms with Crippen molar-refractivity contribution in [3.63, 3.8) is 0 Å². The predicted octanol–water partition coefficient (Wildman–Crippen LogP) is 4.88. The van der Waals surface area contributed by atoms with E-state index in [0.29, 0.717) is 23.5 Å². The first-order chi connectivity index (χ1) is 18.4. The number of carbonyl (C=O) groups is 1. The van der Waals surface area contributed by atoms with E-state index in [4.69, 9.17) is 0 Å². The number of aryl methyl sites for hydroxylation is 1. The topological polar surface area (TPSA) is 81.2 Å². The Labute approximate surface area is 219 Å². The van der Waals surface area contributed by atoms with Crippen LogP contribution in [-0.2, 0) is 0 Å². The molecule has 38 heavy (non-hydrogen) atoms. The number of halogens is 2. The molecule has 6 nitrogen and oxygen atoms in total. The number of aromatic hydroxyl groups is 1. The number of benzene rings is 2. The van der Waals surface area contributed by atoms with Gasteiger partial charge >= 0.3 is 0 Å². The van der Waals surface area contributed by atoms with Crippen molar-refractivity contribution in [2.24, 2.45) is 5.92 Å². The van der Waals surface area contributed by atoms with Crippen LogP contribution in [0.3, 0.4) is 0 Å². The van der Waals surface area contributed by atoms with Gasteiger partial charge in [-0.25, -0.2) is 13.8 Å². The van der Waals surface area contributed by atoms with E-state index in [1.807, 2.05) is 36.4 Å². The van der Waals surface area contributed by atoms with Crippen LogP contribution in [0, 0.1) is 30.5 Å². The van der Waals surface area contributed by atoms with Crippen LogP contribution in [0.4, 0.5) is 8.78 Å². The number of para-hydroxylation sites is 1. The van der Waals surface area contributed by atoms with Gasteiger partial charge < -0.3 is 15.4 Å². The van der Waals surface area contributed by atoms with Crippen LogP contribution in [0.1, 0.15) is 45.5 Å². The first-order valence-electron chi connectivity index (χ1n) is 12.5. The first kappa shape index (κ1) is 25.4. The highest BCUT2D eigenvalue weighted by molar-refractivity contribution is 5.93. The molecule has 0 bridgehead atoms. The van der Waals surface area contributed by atoms with Crippen molar-refractivity contribution in [1.82, 2.24) is 20.2 Å². The molecule has 1 aliphatic heterocycles. The summed E-state index contributed by atoms with van der Waals surface area (Å²) in [4.78, 5) is 23.2. The van der Waals surface area contributed by atoms with Crippen molar-refractivity contribution in [2.75, 3.05) is 26.3 Å². The van der Waals surface area contributed by atoms with E-state index in [1.165, 1.54) is 12.1 Å². The SMILES string of the molecule is Cc1cc(C#C[C@@H]2CCN(CCF)C2)cc(C(=O)NC(c2cc3ccccc3[nH]2)c2cc(F)ccc2O)n1. The molecule has 4 aromatic rings. The Kier molecular flexibility index (Phi) is 7.38. The quantitative estimate of drug-likeness (QED) is 0.321. The number of aromatic nitrogens is 2. The lowest BCUT2D eigenvalue weighted by Gasteiger charge is -2.19. The zero-order valence-electron chi connectivity index (χ0n) is 21.0. The smallest absolute Gasteiger partial charge is 0.270 e. The minimum atomic E-state index is -0.859. The van der Waals surface area contributed by atoms with E-state index in [0.717, 1.165) is 36.5 Å². The fraction of sp³-hybridized carbons (Fsp3) is 0.267. The number of H-pyrrole nitrogens is 1. The number of fused-ring (bicyclic) bond motifs is 1. The monoisotopic (exact) mass is 514 g/mol. The molecule has 2 aromatic heterocycles. The molecule has 1 aliphatic rings. The summed E-state index contributed by atoms with van der Waals surface area (Å²) in [6.45, 7) is 3.41. The van der Waals surface area contributed by atoms with E-state index in [2.05, 4.69) is 32.0 Å². The van der Waals surface area contributed by atoms with Crippen LogP contribution in [0.2, 0.25) is 0 Å². The maximum Gasteiger partial charge on any atom is 0.270 e. The van der Waals surface area contributed by atoms with Gasteiger partial charge in [0.25, 0.3) is 5.91 Å². The molecule has 1 saturated heterocycles. The molecule has 0 radical (unpaired) electrons. The summed E-state index contributed by atoms with van der Waals surface area (Å²) < 4.78 is 26.8. The molecule has 2 aromatic carbocycles. The molecule has 5 rings (SSSR count). The standard InChI is InChI=1S/C30H28F2N4O2/c1-19-14-21(7-6-20-10-12-36(18-20)13-11-31)15-27(33-19)30(38)35-29(24-17-23(32)8-9-28(24)37)26-16-22-4-2-3-5-25(22)34-26/h2-5,8-9,14-17,20,29,34,37H,10-13,18H2,1H3,(H,35,38)/t20-,29?/m1/s1. The third-order valence-corrected chi connectivity index (χ3v) is 6.72. The van der Waals surface area contributed by atoms with Gasteiger partial charge in [0.05, 0.1) is 6.04 Å². The van der Waals surface area contributed by atoms with Crippen molar-refractivity contribution in [1.29, 1.82) is 0 Å². The fourth-order valence-corrected chi connectivity index (χ4v) is 4.85. The lowest BCUT2D eigenvalue weighted by atomic mass is 10.0. The summed E-state index contributed by atoms with van der Waals surface area (Å²) in [5.41, 5.74) is 3.10. The lowest BCUT2D eigenvalue weighted by Crippen LogP contribution is -2.30. The average Bonchev–Trinajstić information content (AvgIpc) is 3.54. The van der Waals surface area contributed by atoms with Gasteiger partial charge in [-0.15, -0.1) is 0 Å². The summed E-state index contributed by atoms with van der Waals surface area (Å²) in [6, 6.07) is 15.7. The molecule has 194 valence electrons. The Bertz CT molecular complexity index is 1510. The molecule has 0 saturated carbocycles. The Balaban J connectivity index is 1.43. The number of aromatic amines is 1. The normalized spacial score (nSPS) is 16.2. The highest BCUT2D eigenvalue weighted by atomic mass is 19.1. The summed E-state index contributed by atoms with van der Waals surface area (Å²) in [7, 11) is 0. The summed E-state index contributed by atoms with van der Waals surface area (Å²) in [5, 5.41) is 14.4. The first-order valence-corrected chi connectivity index (χ1v) is 12.5. The third kappa shape index (κ3) is 5.68. The highest BCUT2D eigenvalue weighted by Crippen LogP contribution is 2.32. The van der Waals surface area contributed by atoms with Gasteiger partial charge in [0, 0.05) is 47.0 Å². The Hall–Kier alpha value is -4.22. The molecule has 8 heteroatoms. The average molecular weight is 515 g/mol. The Morgan fingerprint density at radius 2 is 2.08 bits per heavy atom. The Morgan fingerprint density at radius 3 is 2.89 bits per heavy atom. The Morgan fingerprint density at radius 1 is 1.24 bits per heavy atom. The molecule has 1 amide bonds. The predicted molar refractivity (Wildman–Crippen MR) is 142 cm³/mol. The van der Waals surface area contributed by atoms with Gasteiger partial charge in [0.1, 0.15) is 23.9 Å². The van der Waals surface area contributed by atoms with Crippen molar-refractivity contribution in [2.45, 2.75) is 19.4 Å². The molecule has 0 aliphatic carbocycles. The zero-order valence-corrected chi connectivity index (χ0v) is 21.0. The molecule has 1 fully saturated rings. The number of carbonyl (C=O) groups excluding carboxylic acids is 1. The number of nitrogens with one attached hydrogen (secondary N) is 2. The number of phenols is 1. The number of rotatable bonds is 6. The molecule has 3 heterocycles. The van der Waals surface area contributed by atoms with E-state index >= 15 is 0 Å². The lowest BCUT2D eigenvalue weighted by molar-refractivity contribution is 0.0936. The summed E-state index contributed by atoms with van der Waals surface area (Å²) in [5.74, 6) is 5.39. The van der Waals surface area contributed by atoms with E-state index in [9.17, 15) is 18.7 Å². The maximum atomic E-state index is 14.2. The molecule has 2 atom stereocenters.